The van der Waals surface area contributed by atoms with Crippen LogP contribution in [0.3, 0.4) is 0 Å². The van der Waals surface area contributed by atoms with E-state index in [-0.39, 0.29) is 35.6 Å². The van der Waals surface area contributed by atoms with Crippen LogP contribution in [0, 0.1) is 0 Å². The van der Waals surface area contributed by atoms with Crippen LogP contribution in [0.2, 0.25) is 5.04 Å². The Balaban J connectivity index is 1.69. The number of aromatic amines is 1. The average molecular weight is 527 g/mol. The highest BCUT2D eigenvalue weighted by atomic mass is 28.4. The third kappa shape index (κ3) is 6.14. The van der Waals surface area contributed by atoms with E-state index in [0.29, 0.717) is 13.0 Å². The second kappa shape index (κ2) is 11.9. The number of benzene rings is 3. The summed E-state index contributed by atoms with van der Waals surface area (Å²) in [6, 6.07) is 29.0. The zero-order valence-electron chi connectivity index (χ0n) is 22.8. The van der Waals surface area contributed by atoms with Crippen molar-refractivity contribution in [2.45, 2.75) is 58.0 Å². The molecule has 0 aliphatic heterocycles. The maximum Gasteiger partial charge on any atom is 0.261 e. The van der Waals surface area contributed by atoms with Crippen LogP contribution in [-0.2, 0) is 20.4 Å². The number of rotatable bonds is 11. The predicted molar refractivity (Wildman–Crippen MR) is 157 cm³/mol. The van der Waals surface area contributed by atoms with Crippen molar-refractivity contribution >= 4 is 41.3 Å². The highest BCUT2D eigenvalue weighted by Gasteiger charge is 2.50. The van der Waals surface area contributed by atoms with Crippen molar-refractivity contribution in [2.75, 3.05) is 6.61 Å². The molecule has 0 saturated carbocycles. The SMILES string of the molecule is CC(=O)CCC(=O)N[C@H](CO[Si](c1ccccc1)(c1ccccc1)C(C)(C)C)Cc1c[nH]c2ccccc12. The van der Waals surface area contributed by atoms with Gasteiger partial charge < -0.3 is 19.5 Å². The van der Waals surface area contributed by atoms with Crippen LogP contribution in [0.4, 0.5) is 0 Å². The van der Waals surface area contributed by atoms with E-state index >= 15 is 0 Å². The monoisotopic (exact) mass is 526 g/mol. The van der Waals surface area contributed by atoms with Gasteiger partial charge in [0, 0.05) is 29.9 Å². The minimum atomic E-state index is -2.77. The van der Waals surface area contributed by atoms with Crippen LogP contribution in [0.25, 0.3) is 10.9 Å². The van der Waals surface area contributed by atoms with E-state index < -0.39 is 8.32 Å². The summed E-state index contributed by atoms with van der Waals surface area (Å²) in [6.07, 6.45) is 3.05. The van der Waals surface area contributed by atoms with E-state index in [0.717, 1.165) is 16.5 Å². The lowest BCUT2D eigenvalue weighted by atomic mass is 10.1. The number of H-pyrrole nitrogens is 1. The molecule has 4 aromatic rings. The van der Waals surface area contributed by atoms with Gasteiger partial charge in [-0.05, 0) is 40.4 Å². The molecule has 0 radical (unpaired) electrons. The topological polar surface area (TPSA) is 71.2 Å². The van der Waals surface area contributed by atoms with Crippen molar-refractivity contribution in [1.29, 1.82) is 0 Å². The summed E-state index contributed by atoms with van der Waals surface area (Å²) < 4.78 is 7.16. The van der Waals surface area contributed by atoms with Crippen LogP contribution in [0.15, 0.2) is 91.1 Å². The fraction of sp³-hybridized carbons (Fsp3) is 0.312. The highest BCUT2D eigenvalue weighted by Crippen LogP contribution is 2.37. The first-order chi connectivity index (χ1) is 18.2. The molecular weight excluding hydrogens is 488 g/mol. The fourth-order valence-electron chi connectivity index (χ4n) is 5.29. The summed E-state index contributed by atoms with van der Waals surface area (Å²) >= 11 is 0. The lowest BCUT2D eigenvalue weighted by Crippen LogP contribution is -2.67. The third-order valence-corrected chi connectivity index (χ3v) is 12.1. The summed E-state index contributed by atoms with van der Waals surface area (Å²) in [5.74, 6) is -0.118. The van der Waals surface area contributed by atoms with Gasteiger partial charge in [0.1, 0.15) is 5.78 Å². The van der Waals surface area contributed by atoms with Gasteiger partial charge in [0.05, 0.1) is 12.6 Å². The van der Waals surface area contributed by atoms with Gasteiger partial charge in [-0.3, -0.25) is 4.79 Å². The maximum absolute atomic E-state index is 12.9. The molecule has 0 fully saturated rings. The Bertz CT molecular complexity index is 1320. The normalized spacial score (nSPS) is 12.8. The number of amides is 1. The van der Waals surface area contributed by atoms with Gasteiger partial charge >= 0.3 is 0 Å². The van der Waals surface area contributed by atoms with E-state index in [2.05, 4.69) is 91.7 Å². The lowest BCUT2D eigenvalue weighted by molar-refractivity contribution is -0.125. The van der Waals surface area contributed by atoms with Gasteiger partial charge in [0.25, 0.3) is 8.32 Å². The predicted octanol–water partition coefficient (Wildman–Crippen LogP) is 5.14. The number of aromatic nitrogens is 1. The van der Waals surface area contributed by atoms with E-state index in [9.17, 15) is 9.59 Å². The number of fused-ring (bicyclic) bond motifs is 1. The molecular formula is C32H38N2O3Si. The second-order valence-corrected chi connectivity index (χ2v) is 15.3. The molecule has 0 aliphatic carbocycles. The minimum absolute atomic E-state index is 0.0110. The molecule has 1 heterocycles. The first kappa shape index (κ1) is 27.5. The smallest absolute Gasteiger partial charge is 0.261 e. The molecule has 3 aromatic carbocycles. The summed E-state index contributed by atoms with van der Waals surface area (Å²) in [5.41, 5.74) is 2.19. The minimum Gasteiger partial charge on any atom is -0.405 e. The van der Waals surface area contributed by atoms with Crippen LogP contribution in [0.1, 0.15) is 46.1 Å². The Kier molecular flexibility index (Phi) is 8.64. The van der Waals surface area contributed by atoms with E-state index in [1.165, 1.54) is 17.3 Å². The molecule has 0 aliphatic rings. The zero-order valence-corrected chi connectivity index (χ0v) is 23.8. The molecule has 0 saturated heterocycles. The molecule has 2 N–H and O–H groups in total. The van der Waals surface area contributed by atoms with Crippen molar-refractivity contribution in [2.24, 2.45) is 0 Å². The summed E-state index contributed by atoms with van der Waals surface area (Å²) in [4.78, 5) is 27.8. The van der Waals surface area contributed by atoms with Crippen LogP contribution in [-0.4, -0.2) is 37.6 Å². The van der Waals surface area contributed by atoms with Crippen molar-refractivity contribution in [3.63, 3.8) is 0 Å². The number of hydrogen-bond donors (Lipinski definition) is 2. The standard InChI is InChI=1S/C32H38N2O3Si/c1-24(35)19-20-31(36)34-26(21-25-22-33-30-18-12-11-17-29(25)30)23-37-38(32(2,3)4,27-13-7-5-8-14-27)28-15-9-6-10-16-28/h5-18,22,26,33H,19-21,23H2,1-4H3,(H,34,36)/t26-/m0/s1. The van der Waals surface area contributed by atoms with Gasteiger partial charge in [-0.15, -0.1) is 0 Å². The number of carbonyl (C=O) groups is 2. The fourth-order valence-corrected chi connectivity index (χ4v) is 9.90. The van der Waals surface area contributed by atoms with Gasteiger partial charge in [-0.25, -0.2) is 0 Å². The van der Waals surface area contributed by atoms with Crippen molar-refractivity contribution in [3.8, 4) is 0 Å². The zero-order chi connectivity index (χ0) is 27.2. The second-order valence-electron chi connectivity index (χ2n) is 11.0. The molecule has 0 unspecified atom stereocenters. The Morgan fingerprint density at radius 1 is 0.868 bits per heavy atom. The maximum atomic E-state index is 12.9. The molecule has 6 heteroatoms. The van der Waals surface area contributed by atoms with Gasteiger partial charge in [0.2, 0.25) is 5.91 Å². The molecule has 198 valence electrons. The van der Waals surface area contributed by atoms with E-state index in [1.807, 2.05) is 30.5 Å². The van der Waals surface area contributed by atoms with Gasteiger partial charge in [0.15, 0.2) is 0 Å². The largest absolute Gasteiger partial charge is 0.405 e. The van der Waals surface area contributed by atoms with Crippen molar-refractivity contribution in [3.05, 3.63) is 96.7 Å². The molecule has 4 rings (SSSR count). The molecule has 1 atom stereocenters. The van der Waals surface area contributed by atoms with Crippen molar-refractivity contribution < 1.29 is 14.0 Å². The van der Waals surface area contributed by atoms with Gasteiger partial charge in [-0.1, -0.05) is 99.6 Å². The molecule has 5 nitrogen and oxygen atoms in total. The summed E-state index contributed by atoms with van der Waals surface area (Å²) in [5, 5.41) is 6.57. The molecule has 0 bridgehead atoms. The number of nitrogens with one attached hydrogen (secondary N) is 2. The van der Waals surface area contributed by atoms with E-state index in [1.54, 1.807) is 0 Å². The van der Waals surface area contributed by atoms with Crippen LogP contribution >= 0.6 is 0 Å². The number of para-hydroxylation sites is 1. The number of carbonyl (C=O) groups excluding carboxylic acids is 2. The van der Waals surface area contributed by atoms with Crippen LogP contribution < -0.4 is 15.7 Å². The molecule has 1 aromatic heterocycles. The average Bonchev–Trinajstić information content (AvgIpc) is 3.31. The highest BCUT2D eigenvalue weighted by molar-refractivity contribution is 6.99. The number of ketones is 1. The first-order valence-corrected chi connectivity index (χ1v) is 15.2. The number of Topliss-reactive ketones (excluding diaryl/α,β-unsaturated/α-hetero) is 1. The summed E-state index contributed by atoms with van der Waals surface area (Å²) in [6.45, 7) is 8.62. The quantitative estimate of drug-likeness (QED) is 0.266. The van der Waals surface area contributed by atoms with Crippen molar-refractivity contribution in [1.82, 2.24) is 10.3 Å². The Labute approximate surface area is 226 Å². The third-order valence-electron chi connectivity index (χ3n) is 7.13. The Morgan fingerprint density at radius 2 is 1.45 bits per heavy atom. The summed E-state index contributed by atoms with van der Waals surface area (Å²) in [7, 11) is -2.77. The first-order valence-electron chi connectivity index (χ1n) is 13.3. The molecule has 0 spiro atoms. The lowest BCUT2D eigenvalue weighted by Gasteiger charge is -2.43. The Hall–Kier alpha value is -3.48. The van der Waals surface area contributed by atoms with Gasteiger partial charge in [-0.2, -0.15) is 0 Å². The molecule has 1 amide bonds. The van der Waals surface area contributed by atoms with Crippen LogP contribution in [0.5, 0.6) is 0 Å². The number of hydrogen-bond acceptors (Lipinski definition) is 3. The Morgan fingerprint density at radius 3 is 2.03 bits per heavy atom. The van der Waals surface area contributed by atoms with E-state index in [4.69, 9.17) is 4.43 Å². The molecule has 38 heavy (non-hydrogen) atoms.